The third-order valence-corrected chi connectivity index (χ3v) is 5.36. The Morgan fingerprint density at radius 2 is 1.96 bits per heavy atom. The standard InChI is InChI=1S/C20H18ClNO2/c1-11(23)14-9-10-17(24)20-18(14)15-3-2-4-16(15)19(22-20)12-5-7-13(21)8-6-12/h2-3,5-10,15-16,19,22,24H,4H2,1H3/t15-,16-,19+/m1/s1. The van der Waals surface area contributed by atoms with E-state index in [2.05, 4.69) is 17.5 Å². The van der Waals surface area contributed by atoms with Gasteiger partial charge in [0.05, 0.1) is 11.7 Å². The summed E-state index contributed by atoms with van der Waals surface area (Å²) in [5.41, 5.74) is 3.42. The lowest BCUT2D eigenvalue weighted by molar-refractivity contribution is 0.101. The lowest BCUT2D eigenvalue weighted by atomic mass is 9.75. The summed E-state index contributed by atoms with van der Waals surface area (Å²) in [6, 6.07) is 11.2. The maximum atomic E-state index is 12.1. The van der Waals surface area contributed by atoms with E-state index in [-0.39, 0.29) is 23.5 Å². The zero-order chi connectivity index (χ0) is 16.8. The highest BCUT2D eigenvalue weighted by Gasteiger charge is 2.40. The normalized spacial score (nSPS) is 24.2. The Kier molecular flexibility index (Phi) is 3.61. The van der Waals surface area contributed by atoms with E-state index in [1.807, 2.05) is 24.3 Å². The highest BCUT2D eigenvalue weighted by molar-refractivity contribution is 6.30. The number of fused-ring (bicyclic) bond motifs is 3. The van der Waals surface area contributed by atoms with Gasteiger partial charge >= 0.3 is 0 Å². The number of Topliss-reactive ketones (excluding diaryl/α,β-unsaturated/α-hetero) is 1. The minimum Gasteiger partial charge on any atom is -0.506 e. The molecule has 0 fully saturated rings. The van der Waals surface area contributed by atoms with Crippen LogP contribution < -0.4 is 5.32 Å². The van der Waals surface area contributed by atoms with Gasteiger partial charge in [-0.2, -0.15) is 0 Å². The van der Waals surface area contributed by atoms with Crippen LogP contribution in [-0.2, 0) is 0 Å². The first-order chi connectivity index (χ1) is 11.6. The maximum Gasteiger partial charge on any atom is 0.160 e. The quantitative estimate of drug-likeness (QED) is 0.456. The van der Waals surface area contributed by atoms with Crippen molar-refractivity contribution in [3.05, 3.63) is 70.3 Å². The van der Waals surface area contributed by atoms with Crippen LogP contribution in [0, 0.1) is 5.92 Å². The van der Waals surface area contributed by atoms with Gasteiger partial charge in [-0.3, -0.25) is 4.79 Å². The minimum absolute atomic E-state index is 0.0250. The number of nitrogens with one attached hydrogen (secondary N) is 1. The second-order valence-corrected chi connectivity index (χ2v) is 6.94. The topological polar surface area (TPSA) is 49.3 Å². The van der Waals surface area contributed by atoms with Gasteiger partial charge in [-0.05, 0) is 54.7 Å². The maximum absolute atomic E-state index is 12.1. The average Bonchev–Trinajstić information content (AvgIpc) is 3.05. The fraction of sp³-hybridized carbons (Fsp3) is 0.250. The van der Waals surface area contributed by atoms with E-state index in [9.17, 15) is 9.90 Å². The van der Waals surface area contributed by atoms with E-state index < -0.39 is 0 Å². The largest absolute Gasteiger partial charge is 0.506 e. The lowest BCUT2D eigenvalue weighted by Crippen LogP contribution is -2.30. The van der Waals surface area contributed by atoms with Gasteiger partial charge in [0.2, 0.25) is 0 Å². The Morgan fingerprint density at radius 1 is 1.21 bits per heavy atom. The van der Waals surface area contributed by atoms with Crippen molar-refractivity contribution in [2.45, 2.75) is 25.3 Å². The molecule has 0 spiro atoms. The summed E-state index contributed by atoms with van der Waals surface area (Å²) in [4.78, 5) is 12.1. The molecular weight excluding hydrogens is 322 g/mol. The molecule has 0 aromatic heterocycles. The van der Waals surface area contributed by atoms with Crippen LogP contribution in [0.5, 0.6) is 5.75 Å². The highest BCUT2D eigenvalue weighted by Crippen LogP contribution is 2.53. The van der Waals surface area contributed by atoms with Crippen molar-refractivity contribution in [2.75, 3.05) is 5.32 Å². The molecule has 1 aliphatic heterocycles. The monoisotopic (exact) mass is 339 g/mol. The van der Waals surface area contributed by atoms with E-state index in [1.165, 1.54) is 0 Å². The van der Waals surface area contributed by atoms with Gasteiger partial charge in [0.1, 0.15) is 5.75 Å². The van der Waals surface area contributed by atoms with Crippen molar-refractivity contribution >= 4 is 23.1 Å². The molecule has 4 rings (SSSR count). The molecule has 0 saturated heterocycles. The fourth-order valence-electron chi connectivity index (χ4n) is 4.00. The number of phenols is 1. The molecule has 2 aromatic carbocycles. The van der Waals surface area contributed by atoms with E-state index in [1.54, 1.807) is 19.1 Å². The summed E-state index contributed by atoms with van der Waals surface area (Å²) in [5.74, 6) is 0.663. The molecule has 0 radical (unpaired) electrons. The molecule has 2 aliphatic rings. The second-order valence-electron chi connectivity index (χ2n) is 6.50. The van der Waals surface area contributed by atoms with E-state index in [4.69, 9.17) is 11.6 Å². The van der Waals surface area contributed by atoms with Crippen LogP contribution in [0.15, 0.2) is 48.6 Å². The van der Waals surface area contributed by atoms with Crippen LogP contribution in [0.4, 0.5) is 5.69 Å². The Hall–Kier alpha value is -2.26. The number of ketones is 1. The van der Waals surface area contributed by atoms with E-state index >= 15 is 0 Å². The van der Waals surface area contributed by atoms with Crippen LogP contribution in [0.1, 0.15) is 46.8 Å². The molecule has 1 aliphatic carbocycles. The second kappa shape index (κ2) is 5.67. The molecule has 3 nitrogen and oxygen atoms in total. The van der Waals surface area contributed by atoms with E-state index in [0.717, 1.165) is 17.5 Å². The number of rotatable bonds is 2. The summed E-state index contributed by atoms with van der Waals surface area (Å²) in [5, 5.41) is 14.6. The van der Waals surface area contributed by atoms with Gasteiger partial charge in [-0.1, -0.05) is 35.9 Å². The van der Waals surface area contributed by atoms with Crippen LogP contribution in [0.3, 0.4) is 0 Å². The predicted molar refractivity (Wildman–Crippen MR) is 95.9 cm³/mol. The number of hydrogen-bond acceptors (Lipinski definition) is 3. The van der Waals surface area contributed by atoms with E-state index in [0.29, 0.717) is 22.2 Å². The number of anilines is 1. The van der Waals surface area contributed by atoms with Crippen LogP contribution in [-0.4, -0.2) is 10.9 Å². The van der Waals surface area contributed by atoms with Crippen LogP contribution >= 0.6 is 11.6 Å². The minimum atomic E-state index is 0.0250. The van der Waals surface area contributed by atoms with Gasteiger partial charge in [0, 0.05) is 16.5 Å². The molecule has 0 saturated carbocycles. The number of carbonyl (C=O) groups is 1. The molecule has 3 atom stereocenters. The molecule has 0 amide bonds. The molecule has 0 bridgehead atoms. The first-order valence-electron chi connectivity index (χ1n) is 8.11. The Morgan fingerprint density at radius 3 is 2.67 bits per heavy atom. The number of halogens is 1. The Labute approximate surface area is 146 Å². The van der Waals surface area contributed by atoms with Crippen molar-refractivity contribution in [3.63, 3.8) is 0 Å². The highest BCUT2D eigenvalue weighted by atomic mass is 35.5. The molecular formula is C20H18ClNO2. The number of phenolic OH excluding ortho intramolecular Hbond substituents is 1. The molecule has 4 heteroatoms. The summed E-state index contributed by atoms with van der Waals surface area (Å²) in [6.45, 7) is 1.58. The number of hydrogen-bond donors (Lipinski definition) is 2. The fourth-order valence-corrected chi connectivity index (χ4v) is 4.13. The van der Waals surface area contributed by atoms with Crippen LogP contribution in [0.2, 0.25) is 5.02 Å². The SMILES string of the molecule is CC(=O)c1ccc(O)c2c1[C@@H]1C=CC[C@H]1[C@H](c1ccc(Cl)cc1)N2. The lowest BCUT2D eigenvalue weighted by Gasteiger charge is -2.38. The first kappa shape index (κ1) is 15.3. The summed E-state index contributed by atoms with van der Waals surface area (Å²) < 4.78 is 0. The summed E-state index contributed by atoms with van der Waals surface area (Å²) >= 11 is 6.01. The average molecular weight is 340 g/mol. The van der Waals surface area contributed by atoms with Gasteiger partial charge < -0.3 is 10.4 Å². The number of aromatic hydroxyl groups is 1. The van der Waals surface area contributed by atoms with Crippen molar-refractivity contribution in [2.24, 2.45) is 5.92 Å². The van der Waals surface area contributed by atoms with Crippen molar-refractivity contribution in [1.82, 2.24) is 0 Å². The third-order valence-electron chi connectivity index (χ3n) is 5.11. The molecule has 24 heavy (non-hydrogen) atoms. The van der Waals surface area contributed by atoms with Crippen LogP contribution in [0.25, 0.3) is 0 Å². The number of benzene rings is 2. The third kappa shape index (κ3) is 2.31. The Balaban J connectivity index is 1.86. The van der Waals surface area contributed by atoms with Crippen molar-refractivity contribution in [3.8, 4) is 5.75 Å². The molecule has 122 valence electrons. The van der Waals surface area contributed by atoms with Gasteiger partial charge in [-0.25, -0.2) is 0 Å². The van der Waals surface area contributed by atoms with Gasteiger partial charge in [-0.15, -0.1) is 0 Å². The molecule has 1 heterocycles. The van der Waals surface area contributed by atoms with Crippen molar-refractivity contribution in [1.29, 1.82) is 0 Å². The molecule has 2 aromatic rings. The smallest absolute Gasteiger partial charge is 0.160 e. The van der Waals surface area contributed by atoms with Gasteiger partial charge in [0.25, 0.3) is 0 Å². The Bertz CT molecular complexity index is 841. The van der Waals surface area contributed by atoms with Crippen molar-refractivity contribution < 1.29 is 9.90 Å². The zero-order valence-corrected chi connectivity index (χ0v) is 14.0. The molecule has 2 N–H and O–H groups in total. The molecule has 0 unspecified atom stereocenters. The number of carbonyl (C=O) groups excluding carboxylic acids is 1. The predicted octanol–water partition coefficient (Wildman–Crippen LogP) is 5.07. The zero-order valence-electron chi connectivity index (χ0n) is 13.3. The summed E-state index contributed by atoms with van der Waals surface area (Å²) in [6.07, 6.45) is 5.28. The summed E-state index contributed by atoms with van der Waals surface area (Å²) in [7, 11) is 0. The first-order valence-corrected chi connectivity index (χ1v) is 8.49. The van der Waals surface area contributed by atoms with Gasteiger partial charge in [0.15, 0.2) is 5.78 Å². The number of allylic oxidation sites excluding steroid dienone is 2.